The zero-order valence-corrected chi connectivity index (χ0v) is 20.7. The Kier molecular flexibility index (Phi) is 7.50. The van der Waals surface area contributed by atoms with E-state index in [1.54, 1.807) is 4.90 Å². The molecule has 0 aromatic heterocycles. The highest BCUT2D eigenvalue weighted by Crippen LogP contribution is 2.32. The number of rotatable bonds is 5. The summed E-state index contributed by atoms with van der Waals surface area (Å²) in [4.78, 5) is 27.9. The van der Waals surface area contributed by atoms with Gasteiger partial charge in [0.05, 0.1) is 27.4 Å². The van der Waals surface area contributed by atoms with Crippen molar-refractivity contribution in [3.8, 4) is 0 Å². The zero-order valence-electron chi connectivity index (χ0n) is 18.4. The third-order valence-electron chi connectivity index (χ3n) is 6.15. The lowest BCUT2D eigenvalue weighted by Gasteiger charge is -2.35. The molecule has 2 aromatic carbocycles. The maximum atomic E-state index is 13.5. The fraction of sp³-hybridized carbons (Fsp3) is 0.333. The van der Waals surface area contributed by atoms with Crippen molar-refractivity contribution in [3.63, 3.8) is 0 Å². The molecule has 7 nitrogen and oxygen atoms in total. The summed E-state index contributed by atoms with van der Waals surface area (Å²) in [5.74, 6) is -0.828. The molecule has 1 N–H and O–H groups in total. The van der Waals surface area contributed by atoms with E-state index in [0.29, 0.717) is 6.54 Å². The molecule has 2 atom stereocenters. The number of amides is 2. The van der Waals surface area contributed by atoms with Gasteiger partial charge in [0.2, 0.25) is 11.8 Å². The van der Waals surface area contributed by atoms with E-state index in [1.165, 1.54) is 30.6 Å². The van der Waals surface area contributed by atoms with E-state index in [4.69, 9.17) is 23.2 Å². The lowest BCUT2D eigenvalue weighted by molar-refractivity contribution is -0.137. The lowest BCUT2D eigenvalue weighted by Crippen LogP contribution is -2.51. The molecule has 2 amide bonds. The Morgan fingerprint density at radius 1 is 1.03 bits per heavy atom. The Morgan fingerprint density at radius 3 is 2.53 bits per heavy atom. The van der Waals surface area contributed by atoms with Gasteiger partial charge in [-0.25, -0.2) is 8.42 Å². The summed E-state index contributed by atoms with van der Waals surface area (Å²) in [5.41, 5.74) is 1.03. The molecule has 34 heavy (non-hydrogen) atoms. The van der Waals surface area contributed by atoms with Gasteiger partial charge in [-0.3, -0.25) is 13.9 Å². The number of benzene rings is 2. The number of halogens is 2. The Labute approximate surface area is 209 Å². The average Bonchev–Trinajstić information content (AvgIpc) is 3.09. The first-order valence-corrected chi connectivity index (χ1v) is 13.3. The van der Waals surface area contributed by atoms with Crippen LogP contribution in [0.1, 0.15) is 43.7 Å². The predicted molar refractivity (Wildman–Crippen MR) is 131 cm³/mol. The van der Waals surface area contributed by atoms with Gasteiger partial charge in [-0.1, -0.05) is 66.4 Å². The van der Waals surface area contributed by atoms with Crippen LogP contribution in [0.15, 0.2) is 65.8 Å². The topological polar surface area (TPSA) is 86.8 Å². The highest BCUT2D eigenvalue weighted by Gasteiger charge is 2.39. The van der Waals surface area contributed by atoms with Crippen LogP contribution in [0.5, 0.6) is 0 Å². The van der Waals surface area contributed by atoms with Crippen LogP contribution in [0, 0.1) is 0 Å². The average molecular weight is 522 g/mol. The summed E-state index contributed by atoms with van der Waals surface area (Å²) in [6, 6.07) is 12.4. The van der Waals surface area contributed by atoms with Crippen molar-refractivity contribution in [3.05, 3.63) is 76.5 Å². The maximum absolute atomic E-state index is 13.5. The third-order valence-corrected chi connectivity index (χ3v) is 8.67. The molecule has 2 aromatic rings. The fourth-order valence-corrected chi connectivity index (χ4v) is 6.25. The van der Waals surface area contributed by atoms with Crippen molar-refractivity contribution in [2.45, 2.75) is 49.1 Å². The van der Waals surface area contributed by atoms with Gasteiger partial charge in [-0.05, 0) is 36.6 Å². The molecule has 2 heterocycles. The standard InChI is InChI=1S/C24H25Cl2N3O4S/c25-19-11-10-18(15-20(19)26)34(32,33)29-14-12-27-24(31)22(29)16-23(30)28-13-6-2-5-9-21(28)17-7-3-1-4-8-17/h1,3-4,7-8,10-12,14-15,21-22H,2,5-6,9,13,16H2,(H,27,31)/t21-,22-/m1/s1. The Morgan fingerprint density at radius 2 is 1.79 bits per heavy atom. The van der Waals surface area contributed by atoms with Gasteiger partial charge in [-0.2, -0.15) is 0 Å². The summed E-state index contributed by atoms with van der Waals surface area (Å²) < 4.78 is 27.7. The Hall–Kier alpha value is -2.55. The van der Waals surface area contributed by atoms with Gasteiger partial charge in [0.15, 0.2) is 0 Å². The second-order valence-corrected chi connectivity index (χ2v) is 11.0. The van der Waals surface area contributed by atoms with E-state index in [2.05, 4.69) is 5.32 Å². The van der Waals surface area contributed by atoms with Crippen molar-refractivity contribution in [2.24, 2.45) is 0 Å². The molecule has 4 rings (SSSR count). The maximum Gasteiger partial charge on any atom is 0.264 e. The van der Waals surface area contributed by atoms with E-state index >= 15 is 0 Å². The van der Waals surface area contributed by atoms with Gasteiger partial charge in [0, 0.05) is 18.9 Å². The van der Waals surface area contributed by atoms with E-state index in [9.17, 15) is 18.0 Å². The normalized spacial score (nSPS) is 21.2. The van der Waals surface area contributed by atoms with Crippen molar-refractivity contribution in [2.75, 3.05) is 6.54 Å². The summed E-state index contributed by atoms with van der Waals surface area (Å²) >= 11 is 12.0. The first-order valence-electron chi connectivity index (χ1n) is 11.1. The second-order valence-electron chi connectivity index (χ2n) is 8.32. The van der Waals surface area contributed by atoms with Crippen LogP contribution in [-0.2, 0) is 19.6 Å². The van der Waals surface area contributed by atoms with Crippen LogP contribution >= 0.6 is 23.2 Å². The van der Waals surface area contributed by atoms with Crippen LogP contribution in [0.3, 0.4) is 0 Å². The number of carbonyl (C=O) groups excluding carboxylic acids is 2. The quantitative estimate of drug-likeness (QED) is 0.627. The molecule has 0 radical (unpaired) electrons. The number of nitrogens with zero attached hydrogens (tertiary/aromatic N) is 2. The molecular weight excluding hydrogens is 497 g/mol. The van der Waals surface area contributed by atoms with E-state index in [0.717, 1.165) is 35.6 Å². The molecule has 0 bridgehead atoms. The number of nitrogens with one attached hydrogen (secondary N) is 1. The zero-order chi connectivity index (χ0) is 24.3. The summed E-state index contributed by atoms with van der Waals surface area (Å²) in [6.07, 6.45) is 5.91. The Balaban J connectivity index is 1.62. The van der Waals surface area contributed by atoms with Crippen LogP contribution in [0.2, 0.25) is 10.0 Å². The van der Waals surface area contributed by atoms with Crippen molar-refractivity contribution < 1.29 is 18.0 Å². The molecule has 0 unspecified atom stereocenters. The van der Waals surface area contributed by atoms with E-state index in [1.807, 2.05) is 30.3 Å². The molecule has 10 heteroatoms. The number of carbonyl (C=O) groups is 2. The largest absolute Gasteiger partial charge is 0.336 e. The molecule has 0 saturated carbocycles. The van der Waals surface area contributed by atoms with Crippen LogP contribution in [0.4, 0.5) is 0 Å². The summed E-state index contributed by atoms with van der Waals surface area (Å²) in [7, 11) is -4.16. The second kappa shape index (κ2) is 10.4. The van der Waals surface area contributed by atoms with Crippen molar-refractivity contribution in [1.29, 1.82) is 0 Å². The van der Waals surface area contributed by atoms with E-state index in [-0.39, 0.29) is 33.3 Å². The third kappa shape index (κ3) is 5.09. The summed E-state index contributed by atoms with van der Waals surface area (Å²) in [6.45, 7) is 0.558. The smallest absolute Gasteiger partial charge is 0.264 e. The first kappa shape index (κ1) is 24.6. The van der Waals surface area contributed by atoms with Gasteiger partial charge >= 0.3 is 0 Å². The Bertz CT molecular complexity index is 1200. The highest BCUT2D eigenvalue weighted by molar-refractivity contribution is 7.89. The molecule has 0 spiro atoms. The summed E-state index contributed by atoms with van der Waals surface area (Å²) in [5, 5.41) is 2.82. The molecule has 180 valence electrons. The van der Waals surface area contributed by atoms with Gasteiger partial charge in [-0.15, -0.1) is 0 Å². The van der Waals surface area contributed by atoms with Gasteiger partial charge < -0.3 is 10.2 Å². The van der Waals surface area contributed by atoms with Gasteiger partial charge in [0.25, 0.3) is 10.0 Å². The molecule has 1 fully saturated rings. The van der Waals surface area contributed by atoms with Crippen LogP contribution in [-0.4, -0.2) is 42.0 Å². The number of likely N-dealkylation sites (tertiary alicyclic amines) is 1. The molecule has 2 aliphatic heterocycles. The van der Waals surface area contributed by atoms with Crippen molar-refractivity contribution in [1.82, 2.24) is 14.5 Å². The minimum absolute atomic E-state index is 0.0797. The molecule has 2 aliphatic rings. The molecule has 1 saturated heterocycles. The van der Waals surface area contributed by atoms with Crippen LogP contribution in [0.25, 0.3) is 0 Å². The number of hydrogen-bond donors (Lipinski definition) is 1. The number of hydrogen-bond acceptors (Lipinski definition) is 4. The van der Waals surface area contributed by atoms with E-state index < -0.39 is 22.0 Å². The van der Waals surface area contributed by atoms with Gasteiger partial charge in [0.1, 0.15) is 6.04 Å². The predicted octanol–water partition coefficient (Wildman–Crippen LogP) is 4.49. The lowest BCUT2D eigenvalue weighted by atomic mass is 10.00. The SMILES string of the molecule is O=C1NC=CN(S(=O)(=O)c2ccc(Cl)c(Cl)c2)[C@@H]1CC(=O)N1CCCCC[C@@H]1c1ccccc1. The fourth-order valence-electron chi connectivity index (χ4n) is 4.41. The minimum atomic E-state index is -4.16. The number of sulfonamides is 1. The minimum Gasteiger partial charge on any atom is -0.336 e. The molecular formula is C24H25Cl2N3O4S. The van der Waals surface area contributed by atoms with Crippen LogP contribution < -0.4 is 5.32 Å². The monoisotopic (exact) mass is 521 g/mol. The van der Waals surface area contributed by atoms with Crippen molar-refractivity contribution >= 4 is 45.0 Å². The highest BCUT2D eigenvalue weighted by atomic mass is 35.5. The first-order chi connectivity index (χ1) is 16.3. The molecule has 0 aliphatic carbocycles.